The number of carbonyl (C=O) groups is 1. The number of ketones is 1. The molecule has 1 fully saturated rings. The molecule has 0 amide bonds. The lowest BCUT2D eigenvalue weighted by atomic mass is 10.0. The van der Waals surface area contributed by atoms with E-state index in [1.165, 1.54) is 6.20 Å². The zero-order valence-electron chi connectivity index (χ0n) is 19.3. The molecule has 1 aromatic carbocycles. The highest BCUT2D eigenvalue weighted by molar-refractivity contribution is 7.92. The number of aromatic nitrogens is 4. The molecule has 0 spiro atoms. The van der Waals surface area contributed by atoms with Crippen LogP contribution in [0.1, 0.15) is 35.7 Å². The summed E-state index contributed by atoms with van der Waals surface area (Å²) in [5, 5.41) is 0.418. The van der Waals surface area contributed by atoms with Crippen molar-refractivity contribution in [1.82, 2.24) is 19.9 Å². The zero-order valence-corrected chi connectivity index (χ0v) is 20.1. The van der Waals surface area contributed by atoms with Crippen molar-refractivity contribution in [3.63, 3.8) is 0 Å². The minimum atomic E-state index is -3.98. The van der Waals surface area contributed by atoms with Crippen LogP contribution in [0.3, 0.4) is 0 Å². The Balaban J connectivity index is 1.49. The molecule has 9 nitrogen and oxygen atoms in total. The van der Waals surface area contributed by atoms with E-state index < -0.39 is 38.7 Å². The molecule has 5 rings (SSSR count). The van der Waals surface area contributed by atoms with E-state index in [-0.39, 0.29) is 17.7 Å². The Kier molecular flexibility index (Phi) is 6.12. The fraction of sp³-hybridized carbons (Fsp3) is 0.250. The van der Waals surface area contributed by atoms with Crippen LogP contribution >= 0.6 is 0 Å². The number of nitrogens with zero attached hydrogens (tertiary/aromatic N) is 4. The summed E-state index contributed by atoms with van der Waals surface area (Å²) >= 11 is 0. The molecule has 0 radical (unpaired) electrons. The number of halogens is 2. The molecule has 0 aliphatic carbocycles. The fourth-order valence-electron chi connectivity index (χ4n) is 3.94. The number of sulfonamides is 1. The summed E-state index contributed by atoms with van der Waals surface area (Å²) in [4.78, 5) is 31.4. The summed E-state index contributed by atoms with van der Waals surface area (Å²) in [5.41, 5.74) is 0.483. The fourth-order valence-corrected chi connectivity index (χ4v) is 5.08. The molecule has 0 atom stereocenters. The van der Waals surface area contributed by atoms with Crippen LogP contribution in [0.4, 0.5) is 20.4 Å². The van der Waals surface area contributed by atoms with E-state index in [1.807, 2.05) is 4.72 Å². The number of nitrogens with one attached hydrogen (secondary N) is 2. The Morgan fingerprint density at radius 1 is 1.08 bits per heavy atom. The SMILES string of the molecule is CCCS(=O)(=O)Nc1c(F)ccc(C(=O)c2c[nH]c3ncc(-c4cnc(N5CCC5)nc4)cc23)c1F. The van der Waals surface area contributed by atoms with E-state index in [2.05, 4.69) is 24.8 Å². The summed E-state index contributed by atoms with van der Waals surface area (Å²) in [6.07, 6.45) is 7.70. The van der Waals surface area contributed by atoms with Gasteiger partial charge in [0, 0.05) is 60.0 Å². The molecule has 1 aliphatic rings. The minimum absolute atomic E-state index is 0.102. The van der Waals surface area contributed by atoms with Gasteiger partial charge < -0.3 is 9.88 Å². The third-order valence-electron chi connectivity index (χ3n) is 5.95. The Labute approximate surface area is 205 Å². The molecule has 12 heteroatoms. The van der Waals surface area contributed by atoms with E-state index in [4.69, 9.17) is 0 Å². The average molecular weight is 513 g/mol. The highest BCUT2D eigenvalue weighted by Gasteiger charge is 2.25. The number of rotatable bonds is 8. The van der Waals surface area contributed by atoms with Crippen LogP contribution in [-0.4, -0.2) is 53.0 Å². The highest BCUT2D eigenvalue weighted by Crippen LogP contribution is 2.29. The topological polar surface area (TPSA) is 121 Å². The number of hydrogen-bond acceptors (Lipinski definition) is 7. The average Bonchev–Trinajstić information content (AvgIpc) is 3.24. The second kappa shape index (κ2) is 9.26. The first-order chi connectivity index (χ1) is 17.3. The van der Waals surface area contributed by atoms with Crippen molar-refractivity contribution >= 4 is 38.5 Å². The normalized spacial score (nSPS) is 13.6. The standard InChI is InChI=1S/C24H22F2N6O3S/c1-2-8-36(34,35)31-21-19(25)5-4-16(20(21)26)22(33)18-13-28-23-17(18)9-14(10-27-23)15-11-29-24(30-12-15)32-6-3-7-32/h4-5,9-13,31H,2-3,6-8H2,1H3,(H,27,28). The number of hydrogen-bond donors (Lipinski definition) is 2. The number of carbonyl (C=O) groups excluding carboxylic acids is 1. The molecule has 36 heavy (non-hydrogen) atoms. The Morgan fingerprint density at radius 2 is 1.81 bits per heavy atom. The largest absolute Gasteiger partial charge is 0.345 e. The maximum atomic E-state index is 15.2. The van der Waals surface area contributed by atoms with Crippen molar-refractivity contribution in [2.45, 2.75) is 19.8 Å². The van der Waals surface area contributed by atoms with Gasteiger partial charge in [-0.3, -0.25) is 9.52 Å². The van der Waals surface area contributed by atoms with Gasteiger partial charge in [-0.1, -0.05) is 6.92 Å². The van der Waals surface area contributed by atoms with Crippen LogP contribution in [0.15, 0.2) is 43.0 Å². The van der Waals surface area contributed by atoms with Crippen LogP contribution in [0, 0.1) is 11.6 Å². The van der Waals surface area contributed by atoms with Crippen molar-refractivity contribution in [2.75, 3.05) is 28.5 Å². The van der Waals surface area contributed by atoms with Gasteiger partial charge in [-0.25, -0.2) is 32.2 Å². The van der Waals surface area contributed by atoms with Gasteiger partial charge in [0.1, 0.15) is 17.2 Å². The lowest BCUT2D eigenvalue weighted by Gasteiger charge is -2.30. The lowest BCUT2D eigenvalue weighted by molar-refractivity contribution is 0.103. The first-order valence-electron chi connectivity index (χ1n) is 11.3. The second-order valence-corrected chi connectivity index (χ2v) is 10.3. The zero-order chi connectivity index (χ0) is 25.4. The summed E-state index contributed by atoms with van der Waals surface area (Å²) in [6.45, 7) is 3.46. The molecule has 1 aliphatic heterocycles. The summed E-state index contributed by atoms with van der Waals surface area (Å²) in [6, 6.07) is 3.55. The third-order valence-corrected chi connectivity index (χ3v) is 7.41. The van der Waals surface area contributed by atoms with Gasteiger partial charge in [-0.15, -0.1) is 0 Å². The van der Waals surface area contributed by atoms with E-state index in [0.29, 0.717) is 28.1 Å². The first kappa shape index (κ1) is 23.8. The van der Waals surface area contributed by atoms with Crippen molar-refractivity contribution < 1.29 is 22.0 Å². The van der Waals surface area contributed by atoms with Crippen LogP contribution in [0.5, 0.6) is 0 Å². The van der Waals surface area contributed by atoms with Crippen LogP contribution in [0.2, 0.25) is 0 Å². The van der Waals surface area contributed by atoms with E-state index in [9.17, 15) is 17.6 Å². The first-order valence-corrected chi connectivity index (χ1v) is 13.0. The summed E-state index contributed by atoms with van der Waals surface area (Å²) < 4.78 is 55.6. The molecular formula is C24H22F2N6O3S. The predicted molar refractivity (Wildman–Crippen MR) is 131 cm³/mol. The molecule has 3 aromatic heterocycles. The van der Waals surface area contributed by atoms with Gasteiger partial charge >= 0.3 is 0 Å². The van der Waals surface area contributed by atoms with Gasteiger partial charge in [0.05, 0.1) is 11.3 Å². The van der Waals surface area contributed by atoms with E-state index in [1.54, 1.807) is 31.6 Å². The molecule has 1 saturated heterocycles. The summed E-state index contributed by atoms with van der Waals surface area (Å²) in [7, 11) is -3.98. The Morgan fingerprint density at radius 3 is 2.47 bits per heavy atom. The minimum Gasteiger partial charge on any atom is -0.345 e. The molecule has 2 N–H and O–H groups in total. The quantitative estimate of drug-likeness (QED) is 0.344. The molecule has 186 valence electrons. The third kappa shape index (κ3) is 4.39. The Bertz CT molecular complexity index is 1570. The summed E-state index contributed by atoms with van der Waals surface area (Å²) in [5.74, 6) is -2.82. The molecule has 4 heterocycles. The smallest absolute Gasteiger partial charge is 0.232 e. The van der Waals surface area contributed by atoms with Crippen molar-refractivity contribution in [3.8, 4) is 11.1 Å². The van der Waals surface area contributed by atoms with Crippen LogP contribution in [0.25, 0.3) is 22.2 Å². The lowest BCUT2D eigenvalue weighted by Crippen LogP contribution is -2.38. The number of benzene rings is 1. The van der Waals surface area contributed by atoms with E-state index in [0.717, 1.165) is 31.6 Å². The van der Waals surface area contributed by atoms with Crippen molar-refractivity contribution in [1.29, 1.82) is 0 Å². The maximum absolute atomic E-state index is 15.2. The maximum Gasteiger partial charge on any atom is 0.232 e. The van der Waals surface area contributed by atoms with Gasteiger partial charge in [0.15, 0.2) is 11.6 Å². The predicted octanol–water partition coefficient (Wildman–Crippen LogP) is 3.89. The van der Waals surface area contributed by atoms with Gasteiger partial charge in [-0.05, 0) is 31.0 Å². The molecule has 0 bridgehead atoms. The van der Waals surface area contributed by atoms with Crippen LogP contribution < -0.4 is 9.62 Å². The molecule has 0 saturated carbocycles. The van der Waals surface area contributed by atoms with Crippen LogP contribution in [-0.2, 0) is 10.0 Å². The monoisotopic (exact) mass is 512 g/mol. The number of pyridine rings is 1. The number of fused-ring (bicyclic) bond motifs is 1. The number of anilines is 2. The Hall–Kier alpha value is -3.93. The van der Waals surface area contributed by atoms with Gasteiger partial charge in [0.2, 0.25) is 16.0 Å². The molecule has 4 aromatic rings. The molecular weight excluding hydrogens is 490 g/mol. The van der Waals surface area contributed by atoms with Gasteiger partial charge in [0.25, 0.3) is 0 Å². The van der Waals surface area contributed by atoms with Crippen molar-refractivity contribution in [2.24, 2.45) is 0 Å². The number of H-pyrrole nitrogens is 1. The van der Waals surface area contributed by atoms with E-state index >= 15 is 4.39 Å². The number of aromatic amines is 1. The highest BCUT2D eigenvalue weighted by atomic mass is 32.2. The molecule has 0 unspecified atom stereocenters. The van der Waals surface area contributed by atoms with Crippen molar-refractivity contribution in [3.05, 3.63) is 65.7 Å². The second-order valence-electron chi connectivity index (χ2n) is 8.47. The van der Waals surface area contributed by atoms with Gasteiger partial charge in [-0.2, -0.15) is 0 Å².